The molecule has 43 heavy (non-hydrogen) atoms. The summed E-state index contributed by atoms with van der Waals surface area (Å²) in [6.45, 7) is 2.29. The van der Waals surface area contributed by atoms with Gasteiger partial charge in [-0.1, -0.05) is 71.7 Å². The molecule has 0 fully saturated rings. The van der Waals surface area contributed by atoms with Crippen molar-refractivity contribution < 1.29 is 13.9 Å². The normalized spacial score (nSPS) is 13.7. The standard InChI is InChI=1S/C36H29Cl2FN2O2/c1-22-17-18-25(37)20-33(22)43-32-16-6-3-9-24(32)21-41(2)36(42)34-26-11-4-5-15-31(26)40-35-23(10-7-12-27(34)35)19-28-29(38)13-8-14-30(28)39/h3-6,8-9,11,13-20H,7,10,12,21H2,1-2H3/b23-19+. The van der Waals surface area contributed by atoms with Crippen LogP contribution in [0, 0.1) is 12.7 Å². The van der Waals surface area contributed by atoms with Gasteiger partial charge in [0, 0.05) is 35.1 Å². The molecule has 0 saturated carbocycles. The predicted octanol–water partition coefficient (Wildman–Crippen LogP) is 9.93. The van der Waals surface area contributed by atoms with Gasteiger partial charge in [-0.2, -0.15) is 0 Å². The molecule has 1 heterocycles. The van der Waals surface area contributed by atoms with E-state index in [4.69, 9.17) is 32.9 Å². The lowest BCUT2D eigenvalue weighted by molar-refractivity contribution is 0.0785. The van der Waals surface area contributed by atoms with Crippen molar-refractivity contribution in [3.63, 3.8) is 0 Å². The van der Waals surface area contributed by atoms with Crippen molar-refractivity contribution in [2.24, 2.45) is 0 Å². The van der Waals surface area contributed by atoms with Gasteiger partial charge in [0.15, 0.2) is 0 Å². The zero-order valence-corrected chi connectivity index (χ0v) is 25.3. The quantitative estimate of drug-likeness (QED) is 0.192. The fraction of sp³-hybridized carbons (Fsp3) is 0.167. The first-order valence-corrected chi connectivity index (χ1v) is 14.9. The van der Waals surface area contributed by atoms with Crippen LogP contribution in [0.15, 0.2) is 84.9 Å². The molecule has 0 aliphatic heterocycles. The smallest absolute Gasteiger partial charge is 0.254 e. The van der Waals surface area contributed by atoms with Crippen LogP contribution in [-0.4, -0.2) is 22.8 Å². The van der Waals surface area contributed by atoms with E-state index in [-0.39, 0.29) is 5.91 Å². The fourth-order valence-corrected chi connectivity index (χ4v) is 5.98. The molecule has 1 aliphatic rings. The molecule has 0 saturated heterocycles. The number of amides is 1. The van der Waals surface area contributed by atoms with Gasteiger partial charge >= 0.3 is 0 Å². The van der Waals surface area contributed by atoms with Gasteiger partial charge < -0.3 is 9.64 Å². The Morgan fingerprint density at radius 1 is 0.977 bits per heavy atom. The molecule has 1 aliphatic carbocycles. The number of carbonyl (C=O) groups excluding carboxylic acids is 1. The third-order valence-corrected chi connectivity index (χ3v) is 8.36. The Bertz CT molecular complexity index is 1880. The molecule has 4 nitrogen and oxygen atoms in total. The van der Waals surface area contributed by atoms with Crippen LogP contribution in [0.3, 0.4) is 0 Å². The van der Waals surface area contributed by atoms with Crippen LogP contribution in [0.1, 0.15) is 51.1 Å². The highest BCUT2D eigenvalue weighted by Crippen LogP contribution is 2.38. The SMILES string of the molecule is Cc1ccc(Cl)cc1Oc1ccccc1CN(C)C(=O)c1c2c(nc3ccccc13)/C(=C/c1c(F)cccc1Cl)CCC2. The number of hydrogen-bond acceptors (Lipinski definition) is 3. The third-order valence-electron chi connectivity index (χ3n) is 7.80. The lowest BCUT2D eigenvalue weighted by Gasteiger charge is -2.26. The molecule has 0 radical (unpaired) electrons. The lowest BCUT2D eigenvalue weighted by atomic mass is 9.85. The monoisotopic (exact) mass is 610 g/mol. The summed E-state index contributed by atoms with van der Waals surface area (Å²) in [7, 11) is 1.80. The zero-order chi connectivity index (χ0) is 30.1. The average Bonchev–Trinajstić information content (AvgIpc) is 3.00. The highest BCUT2D eigenvalue weighted by atomic mass is 35.5. The van der Waals surface area contributed by atoms with Gasteiger partial charge in [0.25, 0.3) is 5.91 Å². The number of pyridine rings is 1. The number of carbonyl (C=O) groups is 1. The Balaban J connectivity index is 1.39. The van der Waals surface area contributed by atoms with Gasteiger partial charge in [-0.05, 0) is 85.4 Å². The number of halogens is 3. The molecule has 6 rings (SSSR count). The van der Waals surface area contributed by atoms with Crippen LogP contribution in [0.5, 0.6) is 11.5 Å². The Hall–Kier alpha value is -4.19. The van der Waals surface area contributed by atoms with Crippen LogP contribution < -0.4 is 4.74 Å². The number of para-hydroxylation sites is 2. The number of ether oxygens (including phenoxy) is 1. The van der Waals surface area contributed by atoms with E-state index in [2.05, 4.69) is 0 Å². The first kappa shape index (κ1) is 28.9. The van der Waals surface area contributed by atoms with Crippen molar-refractivity contribution in [2.75, 3.05) is 7.05 Å². The van der Waals surface area contributed by atoms with Gasteiger partial charge in [0.05, 0.1) is 21.8 Å². The average molecular weight is 612 g/mol. The maximum atomic E-state index is 14.7. The maximum Gasteiger partial charge on any atom is 0.254 e. The van der Waals surface area contributed by atoms with Crippen LogP contribution in [0.2, 0.25) is 10.0 Å². The highest BCUT2D eigenvalue weighted by molar-refractivity contribution is 6.32. The molecule has 5 aromatic rings. The topological polar surface area (TPSA) is 42.4 Å². The van der Waals surface area contributed by atoms with E-state index in [1.54, 1.807) is 36.2 Å². The van der Waals surface area contributed by atoms with Gasteiger partial charge in [0.1, 0.15) is 17.3 Å². The number of hydrogen-bond donors (Lipinski definition) is 0. The van der Waals surface area contributed by atoms with E-state index in [9.17, 15) is 9.18 Å². The van der Waals surface area contributed by atoms with Crippen LogP contribution >= 0.6 is 23.2 Å². The summed E-state index contributed by atoms with van der Waals surface area (Å²) >= 11 is 12.6. The number of nitrogens with zero attached hydrogens (tertiary/aromatic N) is 2. The minimum atomic E-state index is -0.391. The number of aromatic nitrogens is 1. The van der Waals surface area contributed by atoms with Crippen molar-refractivity contribution in [1.82, 2.24) is 9.88 Å². The zero-order valence-electron chi connectivity index (χ0n) is 23.8. The summed E-state index contributed by atoms with van der Waals surface area (Å²) in [4.78, 5) is 21.0. The number of fused-ring (bicyclic) bond motifs is 2. The summed E-state index contributed by atoms with van der Waals surface area (Å²) in [5, 5.41) is 1.72. The number of rotatable bonds is 6. The van der Waals surface area contributed by atoms with E-state index in [0.29, 0.717) is 57.6 Å². The molecule has 0 N–H and O–H groups in total. The molecule has 7 heteroatoms. The Morgan fingerprint density at radius 3 is 2.60 bits per heavy atom. The minimum Gasteiger partial charge on any atom is -0.457 e. The second kappa shape index (κ2) is 12.2. The second-order valence-electron chi connectivity index (χ2n) is 10.8. The maximum absolute atomic E-state index is 14.7. The molecule has 1 aromatic heterocycles. The number of benzene rings is 4. The summed E-state index contributed by atoms with van der Waals surface area (Å²) in [5.74, 6) is 0.810. The molecular weight excluding hydrogens is 582 g/mol. The first-order valence-electron chi connectivity index (χ1n) is 14.1. The van der Waals surface area contributed by atoms with Gasteiger partial charge in [-0.25, -0.2) is 9.37 Å². The van der Waals surface area contributed by atoms with Crippen molar-refractivity contribution in [1.29, 1.82) is 0 Å². The van der Waals surface area contributed by atoms with E-state index in [0.717, 1.165) is 39.8 Å². The largest absolute Gasteiger partial charge is 0.457 e. The summed E-state index contributed by atoms with van der Waals surface area (Å²) < 4.78 is 21.0. The minimum absolute atomic E-state index is 0.117. The van der Waals surface area contributed by atoms with Gasteiger partial charge in [0.2, 0.25) is 0 Å². The highest BCUT2D eigenvalue weighted by Gasteiger charge is 2.27. The van der Waals surface area contributed by atoms with Crippen LogP contribution in [0.25, 0.3) is 22.6 Å². The van der Waals surface area contributed by atoms with Crippen molar-refractivity contribution >= 4 is 51.7 Å². The lowest BCUT2D eigenvalue weighted by Crippen LogP contribution is -2.28. The Kier molecular flexibility index (Phi) is 8.20. The summed E-state index contributed by atoms with van der Waals surface area (Å²) in [6.07, 6.45) is 3.99. The fourth-order valence-electron chi connectivity index (χ4n) is 5.60. The molecule has 1 amide bonds. The summed E-state index contributed by atoms with van der Waals surface area (Å²) in [5.41, 5.74) is 5.95. The van der Waals surface area contributed by atoms with Crippen LogP contribution in [-0.2, 0) is 13.0 Å². The molecule has 0 spiro atoms. The van der Waals surface area contributed by atoms with Gasteiger partial charge in [-0.3, -0.25) is 4.79 Å². The predicted molar refractivity (Wildman–Crippen MR) is 172 cm³/mol. The van der Waals surface area contributed by atoms with E-state index in [1.165, 1.54) is 6.07 Å². The van der Waals surface area contributed by atoms with E-state index < -0.39 is 5.82 Å². The molecule has 0 unspecified atom stereocenters. The molecule has 216 valence electrons. The summed E-state index contributed by atoms with van der Waals surface area (Å²) in [6, 6.07) is 25.5. The van der Waals surface area contributed by atoms with Crippen molar-refractivity contribution in [2.45, 2.75) is 32.7 Å². The number of aryl methyl sites for hydroxylation is 1. The third kappa shape index (κ3) is 5.88. The first-order chi connectivity index (χ1) is 20.8. The molecular formula is C36H29Cl2FN2O2. The Morgan fingerprint density at radius 2 is 1.77 bits per heavy atom. The van der Waals surface area contributed by atoms with E-state index >= 15 is 0 Å². The van der Waals surface area contributed by atoms with Crippen LogP contribution in [0.4, 0.5) is 4.39 Å². The number of allylic oxidation sites excluding steroid dienone is 1. The molecule has 0 bridgehead atoms. The Labute approximate surface area is 260 Å². The van der Waals surface area contributed by atoms with E-state index in [1.807, 2.05) is 67.6 Å². The molecule has 4 aromatic carbocycles. The van der Waals surface area contributed by atoms with Crippen molar-refractivity contribution in [3.8, 4) is 11.5 Å². The van der Waals surface area contributed by atoms with Gasteiger partial charge in [-0.15, -0.1) is 0 Å². The molecule has 0 atom stereocenters. The second-order valence-corrected chi connectivity index (χ2v) is 11.6. The van der Waals surface area contributed by atoms with Crippen molar-refractivity contribution in [3.05, 3.63) is 134 Å².